The largest absolute Gasteiger partial charge is 0.509 e. The Morgan fingerprint density at radius 3 is 1.51 bits per heavy atom. The van der Waals surface area contributed by atoms with Crippen LogP contribution in [-0.4, -0.2) is 224 Å². The molecule has 0 bridgehead atoms. The SMILES string of the molecule is CCCCOCCOC(=O)OCSP(=O)(OC[C@H]1O[C@@H](n2cnc3c(N)ncnc32)CC1O)OC1[C@@H](CO)O[C@@H](n2ccc(=O)[nH]c2=O)[C@H]1OC.CO[C@H]1C(OP(=O)(OC[C@H]2O[C@@H](n3cnc4c(N)ncnc43)CC2O)SCOC(=O)C(C)(C)C)[C@@H](CO)O[C@H]1n1ccc(=O)[nH]c1=O. The Labute approximate surface area is 563 Å². The predicted octanol–water partition coefficient (Wildman–Crippen LogP) is 0.984. The minimum atomic E-state index is -4.42. The molecule has 0 amide bonds. The van der Waals surface area contributed by atoms with Gasteiger partial charge in [0.05, 0.1) is 63.3 Å². The number of H-pyrrole nitrogens is 2. The highest BCUT2D eigenvalue weighted by molar-refractivity contribution is 8.55. The first-order valence-electron chi connectivity index (χ1n) is 30.3. The molecule has 10 heterocycles. The number of nitrogens with zero attached hydrogens (tertiary/aromatic N) is 10. The van der Waals surface area contributed by atoms with Crippen molar-refractivity contribution in [2.24, 2.45) is 5.41 Å². The molecule has 6 unspecified atom stereocenters. The molecular weight excluding hydrogens is 1390 g/mol. The molecule has 540 valence electrons. The molecule has 44 heteroatoms. The lowest BCUT2D eigenvalue weighted by Crippen LogP contribution is -2.39. The Balaban J connectivity index is 0.000000230. The molecule has 6 aromatic heterocycles. The molecule has 16 atom stereocenters. The third-order valence-corrected chi connectivity index (χ3v) is 22.0. The van der Waals surface area contributed by atoms with E-state index in [1.165, 1.54) is 51.9 Å². The van der Waals surface area contributed by atoms with Gasteiger partial charge < -0.3 is 79.3 Å². The molecule has 0 aliphatic carbocycles. The van der Waals surface area contributed by atoms with E-state index in [0.717, 1.165) is 34.1 Å². The third-order valence-electron chi connectivity index (χ3n) is 15.3. The zero-order valence-electron chi connectivity index (χ0n) is 53.5. The number of aromatic nitrogens is 12. The van der Waals surface area contributed by atoms with E-state index >= 15 is 0 Å². The van der Waals surface area contributed by atoms with Gasteiger partial charge in [-0.25, -0.2) is 53.4 Å². The fraction of sp³-hybridized carbons (Fsp3) is 0.630. The number of carbonyl (C=O) groups is 2. The number of carbonyl (C=O) groups excluding carboxylic acids is 2. The summed E-state index contributed by atoms with van der Waals surface area (Å²) in [5, 5.41) is 42.0. The summed E-state index contributed by atoms with van der Waals surface area (Å²) in [5.74, 6) is -1.24. The van der Waals surface area contributed by atoms with Crippen LogP contribution in [0, 0.1) is 5.41 Å². The van der Waals surface area contributed by atoms with Crippen LogP contribution in [0.1, 0.15) is 78.3 Å². The number of anilines is 2. The summed E-state index contributed by atoms with van der Waals surface area (Å²) in [6.07, 6.45) is -6.62. The van der Waals surface area contributed by atoms with Crippen LogP contribution in [0.2, 0.25) is 0 Å². The molecule has 0 radical (unpaired) electrons. The highest BCUT2D eigenvalue weighted by Crippen LogP contribution is 2.64. The van der Waals surface area contributed by atoms with Gasteiger partial charge in [-0.3, -0.25) is 60.7 Å². The maximum absolute atomic E-state index is 14.3. The molecule has 98 heavy (non-hydrogen) atoms. The Bertz CT molecular complexity index is 4030. The van der Waals surface area contributed by atoms with Crippen molar-refractivity contribution in [3.8, 4) is 0 Å². The number of methoxy groups -OCH3 is 2. The highest BCUT2D eigenvalue weighted by Gasteiger charge is 2.53. The van der Waals surface area contributed by atoms with Gasteiger partial charge in [0.2, 0.25) is 0 Å². The third kappa shape index (κ3) is 18.3. The van der Waals surface area contributed by atoms with Gasteiger partial charge in [0.1, 0.15) is 97.5 Å². The van der Waals surface area contributed by atoms with Gasteiger partial charge in [0.15, 0.2) is 41.3 Å². The van der Waals surface area contributed by atoms with Crippen LogP contribution < -0.4 is 34.0 Å². The van der Waals surface area contributed by atoms with Gasteiger partial charge in [-0.1, -0.05) is 13.3 Å². The van der Waals surface area contributed by atoms with Crippen molar-refractivity contribution >= 4 is 82.4 Å². The Kier molecular flexibility index (Phi) is 26.0. The molecule has 4 fully saturated rings. The molecule has 0 aromatic carbocycles. The van der Waals surface area contributed by atoms with Crippen LogP contribution in [0.15, 0.2) is 69.0 Å². The molecule has 0 saturated carbocycles. The number of esters is 1. The molecule has 10 rings (SSSR count). The minimum Gasteiger partial charge on any atom is -0.454 e. The summed E-state index contributed by atoms with van der Waals surface area (Å²) in [4.78, 5) is 102. The van der Waals surface area contributed by atoms with E-state index in [1.54, 1.807) is 29.9 Å². The number of nitrogen functional groups attached to an aromatic ring is 2. The Morgan fingerprint density at radius 2 is 1.09 bits per heavy atom. The normalized spacial score (nSPS) is 26.8. The van der Waals surface area contributed by atoms with E-state index in [0.29, 0.717) is 51.7 Å². The van der Waals surface area contributed by atoms with Crippen LogP contribution in [0.5, 0.6) is 0 Å². The quantitative estimate of drug-likeness (QED) is 0.0135. The van der Waals surface area contributed by atoms with Gasteiger partial charge in [0.25, 0.3) is 11.1 Å². The molecule has 4 aliphatic rings. The molecule has 0 spiro atoms. The number of imidazole rings is 2. The number of aliphatic hydroxyl groups excluding tert-OH is 4. The number of fused-ring (bicyclic) bond motifs is 2. The second-order valence-electron chi connectivity index (χ2n) is 23.0. The number of ether oxygens (including phenoxy) is 10. The van der Waals surface area contributed by atoms with Crippen LogP contribution in [-0.2, 0) is 79.4 Å². The van der Waals surface area contributed by atoms with Gasteiger partial charge in [-0.05, 0) is 27.2 Å². The van der Waals surface area contributed by atoms with E-state index in [-0.39, 0.29) is 37.7 Å². The van der Waals surface area contributed by atoms with E-state index < -0.39 is 178 Å². The number of nitrogens with one attached hydrogen (secondary N) is 2. The summed E-state index contributed by atoms with van der Waals surface area (Å²) < 4.78 is 113. The summed E-state index contributed by atoms with van der Waals surface area (Å²) in [7, 11) is 2.57. The lowest BCUT2D eigenvalue weighted by atomic mass is 9.98. The smallest absolute Gasteiger partial charge is 0.454 e. The van der Waals surface area contributed by atoms with E-state index in [9.17, 15) is 58.3 Å². The van der Waals surface area contributed by atoms with E-state index in [1.807, 2.05) is 6.92 Å². The molecule has 40 nitrogen and oxygen atoms in total. The molecule has 4 aliphatic heterocycles. The average molecular weight is 1460 g/mol. The van der Waals surface area contributed by atoms with Crippen molar-refractivity contribution in [2.75, 3.05) is 83.8 Å². The van der Waals surface area contributed by atoms with Crippen molar-refractivity contribution in [3.05, 3.63) is 91.5 Å². The summed E-state index contributed by atoms with van der Waals surface area (Å²) in [5.41, 5.74) is 9.46. The summed E-state index contributed by atoms with van der Waals surface area (Å²) in [6.45, 7) is -3.39. The van der Waals surface area contributed by atoms with Crippen molar-refractivity contribution < 1.29 is 105 Å². The first-order chi connectivity index (χ1) is 46.8. The van der Waals surface area contributed by atoms with Crippen LogP contribution in [0.4, 0.5) is 16.4 Å². The lowest BCUT2D eigenvalue weighted by molar-refractivity contribution is -0.150. The zero-order valence-corrected chi connectivity index (χ0v) is 56.9. The summed E-state index contributed by atoms with van der Waals surface area (Å²) >= 11 is 1.01. The second kappa shape index (κ2) is 33.7. The minimum absolute atomic E-state index is 0.0700. The molecule has 4 saturated heterocycles. The van der Waals surface area contributed by atoms with Crippen molar-refractivity contribution in [2.45, 2.75) is 139 Å². The maximum Gasteiger partial charge on any atom is 0.509 e. The number of nitrogens with two attached hydrogens (primary N) is 2. The van der Waals surface area contributed by atoms with Crippen molar-refractivity contribution in [1.82, 2.24) is 58.1 Å². The molecule has 6 aromatic rings. The van der Waals surface area contributed by atoms with Crippen LogP contribution in [0.3, 0.4) is 0 Å². The second-order valence-corrected chi connectivity index (χ2v) is 30.9. The Hall–Kier alpha value is -6.64. The molecular formula is C54H76N14O26P2S2. The first kappa shape index (κ1) is 75.6. The maximum atomic E-state index is 14.3. The average Bonchev–Trinajstić information content (AvgIpc) is 1.53. The first-order valence-corrected chi connectivity index (χ1v) is 36.5. The number of aromatic amines is 2. The predicted molar refractivity (Wildman–Crippen MR) is 340 cm³/mol. The molecule has 10 N–H and O–H groups in total. The van der Waals surface area contributed by atoms with E-state index in [2.05, 4.69) is 39.9 Å². The van der Waals surface area contributed by atoms with Crippen LogP contribution >= 0.6 is 36.4 Å². The van der Waals surface area contributed by atoms with Gasteiger partial charge >= 0.3 is 37.1 Å². The number of unbranched alkanes of at least 4 members (excludes halogenated alkanes) is 1. The van der Waals surface area contributed by atoms with Gasteiger partial charge in [-0.2, -0.15) is 0 Å². The number of hydrogen-bond acceptors (Lipinski definition) is 36. The van der Waals surface area contributed by atoms with Gasteiger partial charge in [0, 0.05) is 81.0 Å². The summed E-state index contributed by atoms with van der Waals surface area (Å²) in [6, 6.07) is 2.19. The van der Waals surface area contributed by atoms with Crippen LogP contribution in [0.25, 0.3) is 22.3 Å². The number of hydrogen-bond donors (Lipinski definition) is 8. The number of rotatable bonds is 30. The van der Waals surface area contributed by atoms with Crippen molar-refractivity contribution in [3.63, 3.8) is 0 Å². The van der Waals surface area contributed by atoms with Gasteiger partial charge in [-0.15, -0.1) is 0 Å². The fourth-order valence-electron chi connectivity index (χ4n) is 10.3. The highest BCUT2D eigenvalue weighted by atomic mass is 32.7. The monoisotopic (exact) mass is 1460 g/mol. The number of aliphatic hydroxyl groups is 4. The van der Waals surface area contributed by atoms with E-state index in [4.69, 9.17) is 76.9 Å². The van der Waals surface area contributed by atoms with Crippen molar-refractivity contribution in [1.29, 1.82) is 0 Å². The zero-order chi connectivity index (χ0) is 70.6. The fourth-order valence-corrected chi connectivity index (χ4v) is 15.9. The standard InChI is InChI=1S/C28H40N7O14PS.C26H36N7O12PS/c1-3-4-7-43-8-9-44-28(40)45-15-51-50(41,49-22-17(11-36)48-26(23(22)42-2)34-6-5-19(38)33-27(34)39)46-12-18-16(37)10-20(47-18)35-14-32-21-24(29)30-13-31-25(21)35;1-26(2,3)24(37)41-12-47-46(39,45-19-14(8-34)44-23(20(19)40-4)32-6-5-16(36)31-25(32)38)42-9-15-13(35)7-17(43-15)33-11-30-18-21(27)28-10-29-22(18)33/h5-6,13-14,16-18,20,22-23,26,36-37H,3-4,7-12,15H2,1-2H3,(H2,29,30,31)(H,33,38,39);5-6,10-11,13-15,17,19-20,23,34-35H,7-9,12H2,1-4H3,(H2,27,28,29)(H,31,36,38)/t16?,17-,18-,20-,22?,23+,26-,50?;13?,14-,15-,17-,19?,20+,23-,46?/m11/s1. The Morgan fingerprint density at radius 1 is 0.633 bits per heavy atom. The topological polar surface area (TPSA) is 527 Å². The lowest BCUT2D eigenvalue weighted by Gasteiger charge is -2.28.